The molecule has 0 bridgehead atoms. The maximum Gasteiger partial charge on any atom is 0.0945 e. The highest BCUT2D eigenvalue weighted by Gasteiger charge is 2.07. The van der Waals surface area contributed by atoms with Crippen LogP contribution in [-0.2, 0) is 6.42 Å². The summed E-state index contributed by atoms with van der Waals surface area (Å²) < 4.78 is 0. The number of rotatable bonds is 8. The zero-order valence-electron chi connectivity index (χ0n) is 13.0. The lowest BCUT2D eigenvalue weighted by Crippen LogP contribution is -2.27. The average Bonchev–Trinajstić information content (AvgIpc) is 2.94. The summed E-state index contributed by atoms with van der Waals surface area (Å²) in [6.07, 6.45) is 3.46. The van der Waals surface area contributed by atoms with Crippen LogP contribution in [-0.4, -0.2) is 29.5 Å². The molecule has 114 valence electrons. The van der Waals surface area contributed by atoms with Crippen molar-refractivity contribution in [2.24, 2.45) is 0 Å². The van der Waals surface area contributed by atoms with Crippen LogP contribution in [0, 0.1) is 0 Å². The fraction of sp³-hybridized carbons (Fsp3) is 0.471. The zero-order chi connectivity index (χ0) is 15.1. The molecule has 0 aliphatic carbocycles. The van der Waals surface area contributed by atoms with Crippen LogP contribution in [0.2, 0.25) is 0 Å². The smallest absolute Gasteiger partial charge is 0.0945 e. The summed E-state index contributed by atoms with van der Waals surface area (Å²) in [5.74, 6) is 0. The number of hydrogen-bond donors (Lipinski definition) is 1. The Hall–Kier alpha value is -1.39. The Bertz CT molecular complexity index is 544. The maximum atomic E-state index is 5.84. The third-order valence-electron chi connectivity index (χ3n) is 3.46. The lowest BCUT2D eigenvalue weighted by molar-refractivity contribution is 0.278. The van der Waals surface area contributed by atoms with E-state index in [1.165, 1.54) is 30.9 Å². The molecule has 0 saturated carbocycles. The molecule has 2 rings (SSSR count). The largest absolute Gasteiger partial charge is 0.399 e. The number of anilines is 1. The Morgan fingerprint density at radius 3 is 2.57 bits per heavy atom. The fourth-order valence-corrected chi connectivity index (χ4v) is 3.27. The molecule has 0 saturated heterocycles. The highest BCUT2D eigenvalue weighted by Crippen LogP contribution is 2.23. The van der Waals surface area contributed by atoms with Crippen LogP contribution in [0.5, 0.6) is 0 Å². The Kier molecular flexibility index (Phi) is 6.21. The molecule has 4 heteroatoms. The van der Waals surface area contributed by atoms with Crippen molar-refractivity contribution in [3.05, 3.63) is 34.7 Å². The molecule has 21 heavy (non-hydrogen) atoms. The first-order valence-electron chi connectivity index (χ1n) is 7.75. The summed E-state index contributed by atoms with van der Waals surface area (Å²) >= 11 is 1.75. The van der Waals surface area contributed by atoms with Crippen LogP contribution in [0.15, 0.2) is 29.6 Å². The summed E-state index contributed by atoms with van der Waals surface area (Å²) in [5.41, 5.74) is 8.78. The average molecular weight is 303 g/mol. The third-order valence-corrected chi connectivity index (χ3v) is 4.36. The standard InChI is InChI=1S/C17H25N3S/c1-3-9-20(10-4-2)11-8-17-19-16(13-21-17)14-6-5-7-15(18)12-14/h5-7,12-13H,3-4,8-11,18H2,1-2H3. The van der Waals surface area contributed by atoms with Crippen LogP contribution in [0.25, 0.3) is 11.3 Å². The molecule has 0 aliphatic heterocycles. The van der Waals surface area contributed by atoms with E-state index in [1.807, 2.05) is 18.2 Å². The summed E-state index contributed by atoms with van der Waals surface area (Å²) in [6, 6.07) is 7.94. The van der Waals surface area contributed by atoms with Crippen LogP contribution >= 0.6 is 11.3 Å². The zero-order valence-corrected chi connectivity index (χ0v) is 13.8. The van der Waals surface area contributed by atoms with Gasteiger partial charge < -0.3 is 10.6 Å². The fourth-order valence-electron chi connectivity index (χ4n) is 2.48. The van der Waals surface area contributed by atoms with Gasteiger partial charge in [-0.2, -0.15) is 0 Å². The first-order valence-corrected chi connectivity index (χ1v) is 8.63. The Labute approximate surface area is 131 Å². The van der Waals surface area contributed by atoms with Crippen molar-refractivity contribution < 1.29 is 0 Å². The van der Waals surface area contributed by atoms with E-state index >= 15 is 0 Å². The molecule has 0 atom stereocenters. The molecule has 0 aliphatic rings. The number of thiazole rings is 1. The van der Waals surface area contributed by atoms with Crippen molar-refractivity contribution in [2.45, 2.75) is 33.1 Å². The van der Waals surface area contributed by atoms with E-state index < -0.39 is 0 Å². The third kappa shape index (κ3) is 4.83. The van der Waals surface area contributed by atoms with Gasteiger partial charge in [-0.05, 0) is 38.1 Å². The first kappa shape index (κ1) is 16.0. The highest BCUT2D eigenvalue weighted by atomic mass is 32.1. The van der Waals surface area contributed by atoms with E-state index in [-0.39, 0.29) is 0 Å². The van der Waals surface area contributed by atoms with Gasteiger partial charge in [-0.3, -0.25) is 0 Å². The molecule has 2 N–H and O–H groups in total. The SMILES string of the molecule is CCCN(CCC)CCc1nc(-c2cccc(N)c2)cs1. The number of nitrogens with zero attached hydrogens (tertiary/aromatic N) is 2. The number of benzene rings is 1. The van der Waals surface area contributed by atoms with Crippen molar-refractivity contribution in [3.8, 4) is 11.3 Å². The number of hydrogen-bond acceptors (Lipinski definition) is 4. The second-order valence-corrected chi connectivity index (χ2v) is 6.29. The van der Waals surface area contributed by atoms with Gasteiger partial charge in [0.1, 0.15) is 0 Å². The van der Waals surface area contributed by atoms with Crippen LogP contribution < -0.4 is 5.73 Å². The second-order valence-electron chi connectivity index (χ2n) is 5.34. The molecule has 1 aromatic heterocycles. The van der Waals surface area contributed by atoms with Gasteiger partial charge in [0.15, 0.2) is 0 Å². The summed E-state index contributed by atoms with van der Waals surface area (Å²) in [4.78, 5) is 7.28. The van der Waals surface area contributed by atoms with Gasteiger partial charge in [-0.15, -0.1) is 11.3 Å². The van der Waals surface area contributed by atoms with Crippen LogP contribution in [0.1, 0.15) is 31.7 Å². The molecule has 0 amide bonds. The van der Waals surface area contributed by atoms with E-state index in [2.05, 4.69) is 30.2 Å². The molecule has 0 spiro atoms. The Morgan fingerprint density at radius 2 is 1.90 bits per heavy atom. The van der Waals surface area contributed by atoms with Crippen LogP contribution in [0.3, 0.4) is 0 Å². The minimum absolute atomic E-state index is 0.791. The second kappa shape index (κ2) is 8.15. The van der Waals surface area contributed by atoms with Gasteiger partial charge in [-0.25, -0.2) is 4.98 Å². The molecule has 0 unspecified atom stereocenters. The summed E-state index contributed by atoms with van der Waals surface area (Å²) in [5, 5.41) is 3.35. The number of nitrogen functional groups attached to an aromatic ring is 1. The topological polar surface area (TPSA) is 42.2 Å². The number of aromatic nitrogens is 1. The molecular formula is C17H25N3S. The Balaban J connectivity index is 1.96. The quantitative estimate of drug-likeness (QED) is 0.748. The van der Waals surface area contributed by atoms with Crippen LogP contribution in [0.4, 0.5) is 5.69 Å². The summed E-state index contributed by atoms with van der Waals surface area (Å²) in [6.45, 7) is 7.95. The minimum atomic E-state index is 0.791. The molecule has 3 nitrogen and oxygen atoms in total. The maximum absolute atomic E-state index is 5.84. The van der Waals surface area contributed by atoms with E-state index in [4.69, 9.17) is 10.7 Å². The predicted molar refractivity (Wildman–Crippen MR) is 92.7 cm³/mol. The summed E-state index contributed by atoms with van der Waals surface area (Å²) in [7, 11) is 0. The molecule has 0 radical (unpaired) electrons. The lowest BCUT2D eigenvalue weighted by atomic mass is 10.1. The highest BCUT2D eigenvalue weighted by molar-refractivity contribution is 7.09. The van der Waals surface area contributed by atoms with Gasteiger partial charge in [0.05, 0.1) is 10.7 Å². The molecule has 1 heterocycles. The molecular weight excluding hydrogens is 278 g/mol. The lowest BCUT2D eigenvalue weighted by Gasteiger charge is -2.19. The van der Waals surface area contributed by atoms with Crippen molar-refractivity contribution in [3.63, 3.8) is 0 Å². The van der Waals surface area contributed by atoms with Gasteiger partial charge in [0.2, 0.25) is 0 Å². The van der Waals surface area contributed by atoms with Gasteiger partial charge >= 0.3 is 0 Å². The normalized spacial score (nSPS) is 11.2. The van der Waals surface area contributed by atoms with E-state index in [0.29, 0.717) is 0 Å². The van der Waals surface area contributed by atoms with E-state index in [9.17, 15) is 0 Å². The van der Waals surface area contributed by atoms with E-state index in [1.54, 1.807) is 11.3 Å². The van der Waals surface area contributed by atoms with E-state index in [0.717, 1.165) is 29.9 Å². The number of nitrogens with two attached hydrogens (primary N) is 1. The molecule has 2 aromatic rings. The van der Waals surface area contributed by atoms with Crippen molar-refractivity contribution in [1.29, 1.82) is 0 Å². The van der Waals surface area contributed by atoms with Crippen molar-refractivity contribution in [1.82, 2.24) is 9.88 Å². The van der Waals surface area contributed by atoms with Gasteiger partial charge in [0, 0.05) is 29.6 Å². The minimum Gasteiger partial charge on any atom is -0.399 e. The first-order chi connectivity index (χ1) is 10.2. The Morgan fingerprint density at radius 1 is 1.14 bits per heavy atom. The van der Waals surface area contributed by atoms with Crippen molar-refractivity contribution in [2.75, 3.05) is 25.4 Å². The van der Waals surface area contributed by atoms with Crippen molar-refractivity contribution >= 4 is 17.0 Å². The predicted octanol–water partition coefficient (Wildman–Crippen LogP) is 4.06. The van der Waals surface area contributed by atoms with Gasteiger partial charge in [-0.1, -0.05) is 26.0 Å². The molecule has 0 fully saturated rings. The molecule has 1 aromatic carbocycles. The van der Waals surface area contributed by atoms with Gasteiger partial charge in [0.25, 0.3) is 0 Å². The monoisotopic (exact) mass is 303 g/mol.